The number of carboxylic acid groups (broad SMARTS) is 1. The van der Waals surface area contributed by atoms with Gasteiger partial charge in [0, 0.05) is 5.56 Å². The van der Waals surface area contributed by atoms with Crippen molar-refractivity contribution in [3.8, 4) is 17.2 Å². The van der Waals surface area contributed by atoms with Gasteiger partial charge >= 0.3 is 18.0 Å². The number of alkyl halides is 3. The number of nitro benzene ring substituents is 1. The van der Waals surface area contributed by atoms with Crippen molar-refractivity contribution < 1.29 is 42.9 Å². The molecule has 0 unspecified atom stereocenters. The average molecular weight is 375 g/mol. The molecule has 0 saturated carbocycles. The number of carboxylic acids is 1. The van der Waals surface area contributed by atoms with Crippen LogP contribution in [-0.2, 0) is 0 Å². The highest BCUT2D eigenvalue weighted by Crippen LogP contribution is 2.43. The quantitative estimate of drug-likeness (QED) is 0.424. The van der Waals surface area contributed by atoms with Gasteiger partial charge in [-0.05, 0) is 19.1 Å². The van der Waals surface area contributed by atoms with Crippen LogP contribution in [0, 0.1) is 17.0 Å². The summed E-state index contributed by atoms with van der Waals surface area (Å²) in [5.41, 5.74) is -1.20. The van der Waals surface area contributed by atoms with Gasteiger partial charge in [-0.25, -0.2) is 4.79 Å². The molecule has 0 spiro atoms. The summed E-state index contributed by atoms with van der Waals surface area (Å²) in [6, 6.07) is 8.68. The van der Waals surface area contributed by atoms with E-state index in [1.807, 2.05) is 0 Å². The Hall–Kier alpha value is -3.50. The van der Waals surface area contributed by atoms with Crippen LogP contribution in [0.15, 0.2) is 36.4 Å². The number of aromatic carboxylic acids is 1. The molecule has 0 atom stereocenters. The van der Waals surface area contributed by atoms with Gasteiger partial charge in [-0.15, -0.1) is 13.2 Å². The van der Waals surface area contributed by atoms with Gasteiger partial charge < -0.3 is 20.1 Å². The lowest BCUT2D eigenvalue weighted by Crippen LogP contribution is -2.18. The molecule has 3 N–H and O–H groups in total. The van der Waals surface area contributed by atoms with E-state index in [0.717, 1.165) is 6.92 Å². The Morgan fingerprint density at radius 2 is 1.69 bits per heavy atom. The zero-order valence-electron chi connectivity index (χ0n) is 13.0. The number of ether oxygens (including phenoxy) is 1. The zero-order chi connectivity index (χ0) is 20.1. The number of nitrogens with zero attached hydrogens (tertiary/aromatic N) is 1. The maximum absolute atomic E-state index is 12.0. The van der Waals surface area contributed by atoms with Crippen LogP contribution >= 0.6 is 0 Å². The van der Waals surface area contributed by atoms with Gasteiger partial charge in [0.05, 0.1) is 16.6 Å². The van der Waals surface area contributed by atoms with Crippen LogP contribution in [0.5, 0.6) is 17.2 Å². The molecule has 0 radical (unpaired) electrons. The first-order valence-corrected chi connectivity index (χ1v) is 6.68. The average Bonchev–Trinajstić information content (AvgIpc) is 2.55. The number of phenols is 2. The second kappa shape index (κ2) is 8.05. The number of halogens is 3. The van der Waals surface area contributed by atoms with Gasteiger partial charge in [-0.1, -0.05) is 18.2 Å². The summed E-state index contributed by atoms with van der Waals surface area (Å²) in [7, 11) is 0. The molecule has 0 saturated heterocycles. The van der Waals surface area contributed by atoms with Crippen molar-refractivity contribution >= 4 is 11.7 Å². The Morgan fingerprint density at radius 3 is 2.08 bits per heavy atom. The molecule has 0 aliphatic heterocycles. The van der Waals surface area contributed by atoms with E-state index >= 15 is 0 Å². The zero-order valence-corrected chi connectivity index (χ0v) is 13.0. The molecule has 2 aromatic rings. The number of phenolic OH excluding ortho intramolecular Hbond substituents is 2. The molecule has 8 nitrogen and oxygen atoms in total. The molecule has 140 valence electrons. The molecule has 0 fully saturated rings. The summed E-state index contributed by atoms with van der Waals surface area (Å²) >= 11 is 0. The Bertz CT molecular complexity index is 807. The van der Waals surface area contributed by atoms with Crippen LogP contribution in [-0.4, -0.2) is 32.6 Å². The Balaban J connectivity index is 0.000000314. The van der Waals surface area contributed by atoms with Crippen molar-refractivity contribution in [3.05, 3.63) is 57.6 Å². The van der Waals surface area contributed by atoms with Crippen LogP contribution in [0.25, 0.3) is 0 Å². The van der Waals surface area contributed by atoms with E-state index in [4.69, 9.17) is 10.2 Å². The van der Waals surface area contributed by atoms with Crippen LogP contribution in [0.1, 0.15) is 15.9 Å². The molecule has 26 heavy (non-hydrogen) atoms. The molecule has 0 aromatic heterocycles. The van der Waals surface area contributed by atoms with E-state index in [9.17, 15) is 33.2 Å². The summed E-state index contributed by atoms with van der Waals surface area (Å²) in [6.45, 7) is 1.01. The molecule has 2 aromatic carbocycles. The number of hydrogen-bond acceptors (Lipinski definition) is 6. The Morgan fingerprint density at radius 1 is 1.15 bits per heavy atom. The lowest BCUT2D eigenvalue weighted by Gasteiger charge is -2.12. The topological polar surface area (TPSA) is 130 Å². The largest absolute Gasteiger partial charge is 0.573 e. The molecule has 0 aliphatic carbocycles. The highest BCUT2D eigenvalue weighted by Gasteiger charge is 2.34. The molecule has 0 amide bonds. The molecule has 2 rings (SSSR count). The van der Waals surface area contributed by atoms with Crippen LogP contribution < -0.4 is 4.74 Å². The SMILES string of the molecule is Cc1c(OC(F)(F)F)cc([N+](=O)[O-])c(O)c1O.O=C(O)c1ccccc1. The number of hydrogen-bond donors (Lipinski definition) is 3. The fourth-order valence-corrected chi connectivity index (χ4v) is 1.67. The summed E-state index contributed by atoms with van der Waals surface area (Å²) in [6.07, 6.45) is -5.05. The fraction of sp³-hybridized carbons (Fsp3) is 0.133. The van der Waals surface area contributed by atoms with Crippen molar-refractivity contribution in [3.63, 3.8) is 0 Å². The standard InChI is InChI=1S/C8H6F3NO5.C7H6O2/c1-3-5(17-8(9,10)11)2-4(12(15)16)7(14)6(3)13;8-7(9)6-4-2-1-3-5-6/h2,13-14H,1H3;1-5H,(H,8,9). The second-order valence-corrected chi connectivity index (χ2v) is 4.69. The molecule has 0 aliphatic rings. The maximum Gasteiger partial charge on any atom is 0.573 e. The summed E-state index contributed by atoms with van der Waals surface area (Å²) < 4.78 is 39.3. The van der Waals surface area contributed by atoms with Gasteiger partial charge in [0.15, 0.2) is 5.75 Å². The smallest absolute Gasteiger partial charge is 0.504 e. The van der Waals surface area contributed by atoms with Gasteiger partial charge in [-0.2, -0.15) is 0 Å². The third-order valence-electron chi connectivity index (χ3n) is 2.90. The predicted molar refractivity (Wildman–Crippen MR) is 81.2 cm³/mol. The normalized spacial score (nSPS) is 10.5. The maximum atomic E-state index is 12.0. The molecular weight excluding hydrogens is 363 g/mol. The van der Waals surface area contributed by atoms with Crippen molar-refractivity contribution in [1.82, 2.24) is 0 Å². The highest BCUT2D eigenvalue weighted by molar-refractivity contribution is 5.87. The van der Waals surface area contributed by atoms with Crippen LogP contribution in [0.3, 0.4) is 0 Å². The fourth-order valence-electron chi connectivity index (χ4n) is 1.67. The minimum absolute atomic E-state index is 0.331. The van der Waals surface area contributed by atoms with E-state index in [1.54, 1.807) is 30.3 Å². The van der Waals surface area contributed by atoms with Gasteiger partial charge in [0.2, 0.25) is 5.75 Å². The second-order valence-electron chi connectivity index (χ2n) is 4.69. The summed E-state index contributed by atoms with van der Waals surface area (Å²) in [5.74, 6) is -3.96. The minimum Gasteiger partial charge on any atom is -0.504 e. The van der Waals surface area contributed by atoms with Gasteiger partial charge in [0.1, 0.15) is 5.75 Å². The molecule has 11 heteroatoms. The van der Waals surface area contributed by atoms with E-state index < -0.39 is 45.8 Å². The summed E-state index contributed by atoms with van der Waals surface area (Å²) in [5, 5.41) is 37.1. The number of carbonyl (C=O) groups is 1. The molecule has 0 heterocycles. The van der Waals surface area contributed by atoms with Crippen LogP contribution in [0.2, 0.25) is 0 Å². The van der Waals surface area contributed by atoms with Crippen molar-refractivity contribution in [1.29, 1.82) is 0 Å². The Labute approximate surface area is 143 Å². The highest BCUT2D eigenvalue weighted by atomic mass is 19.4. The van der Waals surface area contributed by atoms with Crippen molar-refractivity contribution in [2.75, 3.05) is 0 Å². The Kier molecular flexibility index (Phi) is 6.36. The third-order valence-corrected chi connectivity index (χ3v) is 2.90. The monoisotopic (exact) mass is 375 g/mol. The minimum atomic E-state index is -5.05. The third kappa shape index (κ3) is 5.54. The molecular formula is C15H12F3NO7. The number of benzene rings is 2. The first-order chi connectivity index (χ1) is 11.9. The predicted octanol–water partition coefficient (Wildman–Crippen LogP) is 3.60. The number of rotatable bonds is 3. The van der Waals surface area contributed by atoms with Gasteiger partial charge in [-0.3, -0.25) is 10.1 Å². The van der Waals surface area contributed by atoms with E-state index in [0.29, 0.717) is 11.6 Å². The van der Waals surface area contributed by atoms with Crippen LogP contribution in [0.4, 0.5) is 18.9 Å². The van der Waals surface area contributed by atoms with Crippen molar-refractivity contribution in [2.24, 2.45) is 0 Å². The first-order valence-electron chi connectivity index (χ1n) is 6.68. The van der Waals surface area contributed by atoms with Gasteiger partial charge in [0.25, 0.3) is 0 Å². The number of nitro groups is 1. The van der Waals surface area contributed by atoms with Crippen molar-refractivity contribution in [2.45, 2.75) is 13.3 Å². The van der Waals surface area contributed by atoms with E-state index in [1.165, 1.54) is 0 Å². The first kappa shape index (κ1) is 20.5. The summed E-state index contributed by atoms with van der Waals surface area (Å²) in [4.78, 5) is 19.5. The lowest BCUT2D eigenvalue weighted by atomic mass is 10.1. The van der Waals surface area contributed by atoms with E-state index in [-0.39, 0.29) is 0 Å². The van der Waals surface area contributed by atoms with E-state index in [2.05, 4.69) is 4.74 Å². The number of aromatic hydroxyl groups is 2. The lowest BCUT2D eigenvalue weighted by molar-refractivity contribution is -0.386. The molecule has 0 bridgehead atoms.